The SMILES string of the molecule is CN(CC(C)(C)F)N=O. The zero-order valence-corrected chi connectivity index (χ0v) is 5.89. The molecule has 0 aromatic carbocycles. The quantitative estimate of drug-likeness (QED) is 0.431. The van der Waals surface area contributed by atoms with E-state index in [0.29, 0.717) is 0 Å². The van der Waals surface area contributed by atoms with Gasteiger partial charge in [0.15, 0.2) is 0 Å². The minimum atomic E-state index is -1.34. The van der Waals surface area contributed by atoms with E-state index in [1.165, 1.54) is 20.9 Å². The van der Waals surface area contributed by atoms with E-state index in [9.17, 15) is 9.30 Å². The van der Waals surface area contributed by atoms with Gasteiger partial charge >= 0.3 is 0 Å². The van der Waals surface area contributed by atoms with Gasteiger partial charge in [0.05, 0.1) is 11.8 Å². The molecule has 0 spiro atoms. The van der Waals surface area contributed by atoms with E-state index in [2.05, 4.69) is 5.29 Å². The summed E-state index contributed by atoms with van der Waals surface area (Å²) in [7, 11) is 1.44. The number of nitrogens with zero attached hydrogens (tertiary/aromatic N) is 2. The summed E-state index contributed by atoms with van der Waals surface area (Å²) >= 11 is 0. The Hall–Kier alpha value is -0.670. The number of rotatable bonds is 3. The molecule has 0 heterocycles. The van der Waals surface area contributed by atoms with Crippen LogP contribution in [-0.2, 0) is 0 Å². The molecule has 0 saturated carbocycles. The Bertz CT molecular complexity index is 99.6. The summed E-state index contributed by atoms with van der Waals surface area (Å²) in [6.07, 6.45) is 0. The Labute approximate surface area is 53.8 Å². The zero-order valence-electron chi connectivity index (χ0n) is 5.89. The van der Waals surface area contributed by atoms with Gasteiger partial charge in [-0.2, -0.15) is 0 Å². The van der Waals surface area contributed by atoms with Crippen molar-refractivity contribution in [2.45, 2.75) is 19.5 Å². The monoisotopic (exact) mass is 134 g/mol. The van der Waals surface area contributed by atoms with E-state index in [0.717, 1.165) is 5.01 Å². The Balaban J connectivity index is 3.59. The van der Waals surface area contributed by atoms with Crippen molar-refractivity contribution >= 4 is 0 Å². The first-order valence-electron chi connectivity index (χ1n) is 2.69. The van der Waals surface area contributed by atoms with Gasteiger partial charge < -0.3 is 0 Å². The molecular weight excluding hydrogens is 123 g/mol. The Morgan fingerprint density at radius 1 is 1.67 bits per heavy atom. The summed E-state index contributed by atoms with van der Waals surface area (Å²) < 4.78 is 12.6. The molecule has 0 fully saturated rings. The maximum atomic E-state index is 12.6. The number of hydrogen-bond acceptors (Lipinski definition) is 2. The van der Waals surface area contributed by atoms with Gasteiger partial charge in [-0.25, -0.2) is 4.39 Å². The van der Waals surface area contributed by atoms with Crippen LogP contribution in [0.1, 0.15) is 13.8 Å². The van der Waals surface area contributed by atoms with Crippen molar-refractivity contribution < 1.29 is 4.39 Å². The molecular formula is C5H11FN2O. The van der Waals surface area contributed by atoms with Crippen LogP contribution in [0.4, 0.5) is 4.39 Å². The van der Waals surface area contributed by atoms with Gasteiger partial charge in [-0.1, -0.05) is 0 Å². The molecule has 3 nitrogen and oxygen atoms in total. The van der Waals surface area contributed by atoms with Crippen molar-refractivity contribution in [2.24, 2.45) is 5.29 Å². The van der Waals surface area contributed by atoms with Crippen molar-refractivity contribution in [3.05, 3.63) is 4.91 Å². The zero-order chi connectivity index (χ0) is 7.49. The second-order valence-electron chi connectivity index (χ2n) is 2.62. The van der Waals surface area contributed by atoms with Crippen LogP contribution in [0.15, 0.2) is 5.29 Å². The van der Waals surface area contributed by atoms with Crippen LogP contribution in [0, 0.1) is 4.91 Å². The molecule has 4 heteroatoms. The highest BCUT2D eigenvalue weighted by atomic mass is 19.1. The maximum absolute atomic E-state index is 12.6. The summed E-state index contributed by atoms with van der Waals surface area (Å²) in [5, 5.41) is 3.54. The molecule has 0 aromatic rings. The van der Waals surface area contributed by atoms with Crippen LogP contribution in [0.5, 0.6) is 0 Å². The largest absolute Gasteiger partial charge is 0.261 e. The maximum Gasteiger partial charge on any atom is 0.124 e. The second-order valence-corrected chi connectivity index (χ2v) is 2.62. The molecule has 0 aliphatic rings. The fraction of sp³-hybridized carbons (Fsp3) is 1.00. The van der Waals surface area contributed by atoms with Crippen LogP contribution in [0.3, 0.4) is 0 Å². The normalized spacial score (nSPS) is 11.1. The molecule has 0 bridgehead atoms. The smallest absolute Gasteiger partial charge is 0.124 e. The molecule has 0 amide bonds. The van der Waals surface area contributed by atoms with E-state index in [-0.39, 0.29) is 6.54 Å². The highest BCUT2D eigenvalue weighted by Crippen LogP contribution is 2.08. The first-order valence-corrected chi connectivity index (χ1v) is 2.69. The number of alkyl halides is 1. The molecule has 0 aromatic heterocycles. The van der Waals surface area contributed by atoms with Crippen molar-refractivity contribution in [2.75, 3.05) is 13.6 Å². The van der Waals surface area contributed by atoms with Gasteiger partial charge in [-0.05, 0) is 13.8 Å². The Kier molecular flexibility index (Phi) is 2.55. The molecule has 0 atom stereocenters. The van der Waals surface area contributed by atoms with Crippen molar-refractivity contribution in [1.82, 2.24) is 5.01 Å². The Morgan fingerprint density at radius 2 is 2.11 bits per heavy atom. The molecule has 0 aliphatic carbocycles. The Morgan fingerprint density at radius 3 is 2.22 bits per heavy atom. The van der Waals surface area contributed by atoms with Crippen LogP contribution in [0.2, 0.25) is 0 Å². The number of halogens is 1. The van der Waals surface area contributed by atoms with E-state index < -0.39 is 5.67 Å². The van der Waals surface area contributed by atoms with Gasteiger partial charge in [0.1, 0.15) is 5.67 Å². The first kappa shape index (κ1) is 8.33. The number of hydrogen-bond donors (Lipinski definition) is 0. The minimum Gasteiger partial charge on any atom is -0.261 e. The predicted octanol–water partition coefficient (Wildman–Crippen LogP) is 1.35. The van der Waals surface area contributed by atoms with E-state index in [1.54, 1.807) is 0 Å². The van der Waals surface area contributed by atoms with Crippen LogP contribution >= 0.6 is 0 Å². The predicted molar refractivity (Wildman–Crippen MR) is 33.6 cm³/mol. The summed E-state index contributed by atoms with van der Waals surface area (Å²) in [6.45, 7) is 2.83. The van der Waals surface area contributed by atoms with Gasteiger partial charge in [0.25, 0.3) is 0 Å². The summed E-state index contributed by atoms with van der Waals surface area (Å²) in [6, 6.07) is 0. The first-order chi connectivity index (χ1) is 3.95. The highest BCUT2D eigenvalue weighted by Gasteiger charge is 2.17. The van der Waals surface area contributed by atoms with Crippen molar-refractivity contribution in [1.29, 1.82) is 0 Å². The van der Waals surface area contributed by atoms with Gasteiger partial charge in [0, 0.05) is 7.05 Å². The minimum absolute atomic E-state index is 0.0382. The summed E-state index contributed by atoms with van der Waals surface area (Å²) in [5.74, 6) is 0. The lowest BCUT2D eigenvalue weighted by Gasteiger charge is -2.17. The molecule has 9 heavy (non-hydrogen) atoms. The molecule has 54 valence electrons. The van der Waals surface area contributed by atoms with E-state index in [4.69, 9.17) is 0 Å². The lowest BCUT2D eigenvalue weighted by molar-refractivity contribution is 0.145. The second kappa shape index (κ2) is 2.75. The van der Waals surface area contributed by atoms with E-state index in [1.807, 2.05) is 0 Å². The standard InChI is InChI=1S/C5H11FN2O/c1-5(2,6)4-8(3)7-9/h4H2,1-3H3. The van der Waals surface area contributed by atoms with Crippen LogP contribution in [0.25, 0.3) is 0 Å². The molecule has 0 N–H and O–H groups in total. The van der Waals surface area contributed by atoms with Gasteiger partial charge in [-0.3, -0.25) is 5.01 Å². The van der Waals surface area contributed by atoms with Gasteiger partial charge in [-0.15, -0.1) is 4.91 Å². The lowest BCUT2D eigenvalue weighted by Crippen LogP contribution is -2.28. The lowest BCUT2D eigenvalue weighted by atomic mass is 10.2. The fourth-order valence-corrected chi connectivity index (χ4v) is 0.573. The third-order valence-electron chi connectivity index (χ3n) is 0.744. The molecule has 0 aliphatic heterocycles. The number of nitroso groups, excluding NO2 is 1. The molecule has 0 saturated heterocycles. The molecule has 0 radical (unpaired) electrons. The average molecular weight is 134 g/mol. The fourth-order valence-electron chi connectivity index (χ4n) is 0.573. The third kappa shape index (κ3) is 5.20. The highest BCUT2D eigenvalue weighted by molar-refractivity contribution is 4.68. The van der Waals surface area contributed by atoms with Crippen LogP contribution < -0.4 is 0 Å². The third-order valence-corrected chi connectivity index (χ3v) is 0.744. The molecule has 0 rings (SSSR count). The van der Waals surface area contributed by atoms with Crippen LogP contribution in [-0.4, -0.2) is 24.3 Å². The van der Waals surface area contributed by atoms with Crippen molar-refractivity contribution in [3.63, 3.8) is 0 Å². The summed E-state index contributed by atoms with van der Waals surface area (Å²) in [4.78, 5) is 9.69. The van der Waals surface area contributed by atoms with Crippen molar-refractivity contribution in [3.8, 4) is 0 Å². The topological polar surface area (TPSA) is 32.7 Å². The molecule has 0 unspecified atom stereocenters. The summed E-state index contributed by atoms with van der Waals surface area (Å²) in [5.41, 5.74) is -1.34. The average Bonchev–Trinajstić information content (AvgIpc) is 1.62. The van der Waals surface area contributed by atoms with E-state index >= 15 is 0 Å². The van der Waals surface area contributed by atoms with Gasteiger partial charge in [0.2, 0.25) is 0 Å².